The molecule has 5 heteroatoms. The predicted molar refractivity (Wildman–Crippen MR) is 103 cm³/mol. The Morgan fingerprint density at radius 2 is 1.78 bits per heavy atom. The van der Waals surface area contributed by atoms with Crippen molar-refractivity contribution in [3.63, 3.8) is 0 Å². The fourth-order valence-electron chi connectivity index (χ4n) is 2.28. The Kier molecular flexibility index (Phi) is 4.85. The van der Waals surface area contributed by atoms with Crippen molar-refractivity contribution in [2.75, 3.05) is 4.90 Å². The second-order valence-corrected chi connectivity index (χ2v) is 7.20. The third-order valence-corrected chi connectivity index (χ3v) is 5.12. The van der Waals surface area contributed by atoms with Crippen molar-refractivity contribution in [3.8, 4) is 0 Å². The van der Waals surface area contributed by atoms with Crippen LogP contribution in [0.25, 0.3) is 6.08 Å². The SMILES string of the molecule is CCc1ccc(/C=C2\SC(=S)N(c3ccc(Cl)cc3)C2=O)cc1. The van der Waals surface area contributed by atoms with Crippen molar-refractivity contribution >= 4 is 57.6 Å². The molecular formula is C18H14ClNOS2. The van der Waals surface area contributed by atoms with E-state index >= 15 is 0 Å². The Balaban J connectivity index is 1.88. The van der Waals surface area contributed by atoms with E-state index in [1.807, 2.05) is 18.2 Å². The minimum Gasteiger partial charge on any atom is -0.268 e. The highest BCUT2D eigenvalue weighted by atomic mass is 35.5. The highest BCUT2D eigenvalue weighted by Crippen LogP contribution is 2.36. The summed E-state index contributed by atoms with van der Waals surface area (Å²) in [6, 6.07) is 15.3. The number of halogens is 1. The van der Waals surface area contributed by atoms with Crippen LogP contribution in [0.1, 0.15) is 18.1 Å². The van der Waals surface area contributed by atoms with Gasteiger partial charge in [0.25, 0.3) is 5.91 Å². The highest BCUT2D eigenvalue weighted by molar-refractivity contribution is 8.27. The number of hydrogen-bond donors (Lipinski definition) is 0. The Morgan fingerprint density at radius 3 is 2.39 bits per heavy atom. The average molecular weight is 360 g/mol. The number of aryl methyl sites for hydroxylation is 1. The van der Waals surface area contributed by atoms with Gasteiger partial charge in [-0.25, -0.2) is 0 Å². The van der Waals surface area contributed by atoms with Gasteiger partial charge < -0.3 is 0 Å². The molecule has 1 heterocycles. The van der Waals surface area contributed by atoms with Gasteiger partial charge in [0.15, 0.2) is 4.32 Å². The van der Waals surface area contributed by atoms with Gasteiger partial charge in [-0.1, -0.05) is 66.8 Å². The van der Waals surface area contributed by atoms with Gasteiger partial charge in [0, 0.05) is 5.02 Å². The summed E-state index contributed by atoms with van der Waals surface area (Å²) in [6.45, 7) is 2.12. The lowest BCUT2D eigenvalue weighted by atomic mass is 10.1. The summed E-state index contributed by atoms with van der Waals surface area (Å²) in [4.78, 5) is 14.8. The van der Waals surface area contributed by atoms with E-state index in [1.54, 1.807) is 29.2 Å². The molecule has 0 unspecified atom stereocenters. The number of hydrogen-bond acceptors (Lipinski definition) is 3. The van der Waals surface area contributed by atoms with E-state index in [4.69, 9.17) is 23.8 Å². The molecule has 1 saturated heterocycles. The Hall–Kier alpha value is -1.62. The minimum atomic E-state index is -0.0955. The summed E-state index contributed by atoms with van der Waals surface area (Å²) in [5, 5.41) is 0.630. The molecule has 23 heavy (non-hydrogen) atoms. The van der Waals surface area contributed by atoms with E-state index in [1.165, 1.54) is 17.3 Å². The number of carbonyl (C=O) groups is 1. The number of anilines is 1. The molecule has 3 rings (SSSR count). The number of thioether (sulfide) groups is 1. The Morgan fingerprint density at radius 1 is 1.13 bits per heavy atom. The molecule has 1 aliphatic rings. The maximum Gasteiger partial charge on any atom is 0.270 e. The van der Waals surface area contributed by atoms with Gasteiger partial charge >= 0.3 is 0 Å². The quantitative estimate of drug-likeness (QED) is 0.547. The van der Waals surface area contributed by atoms with E-state index in [0.29, 0.717) is 14.2 Å². The van der Waals surface area contributed by atoms with Gasteiger partial charge in [-0.3, -0.25) is 9.69 Å². The molecule has 0 atom stereocenters. The van der Waals surface area contributed by atoms with E-state index in [0.717, 1.165) is 17.7 Å². The molecule has 1 fully saturated rings. The molecule has 0 saturated carbocycles. The fourth-order valence-corrected chi connectivity index (χ4v) is 3.71. The molecule has 2 aromatic carbocycles. The van der Waals surface area contributed by atoms with Crippen LogP contribution >= 0.6 is 35.6 Å². The van der Waals surface area contributed by atoms with E-state index in [-0.39, 0.29) is 5.91 Å². The summed E-state index contributed by atoms with van der Waals surface area (Å²) in [6.07, 6.45) is 2.88. The maximum atomic E-state index is 12.6. The fraction of sp³-hybridized carbons (Fsp3) is 0.111. The van der Waals surface area contributed by atoms with Crippen LogP contribution in [0.15, 0.2) is 53.4 Å². The predicted octanol–water partition coefficient (Wildman–Crippen LogP) is 5.31. The molecule has 1 amide bonds. The van der Waals surface area contributed by atoms with E-state index < -0.39 is 0 Å². The highest BCUT2D eigenvalue weighted by Gasteiger charge is 2.33. The molecule has 0 aromatic heterocycles. The second-order valence-electron chi connectivity index (χ2n) is 5.09. The van der Waals surface area contributed by atoms with Crippen molar-refractivity contribution in [2.45, 2.75) is 13.3 Å². The van der Waals surface area contributed by atoms with Crippen molar-refractivity contribution in [1.82, 2.24) is 0 Å². The zero-order valence-corrected chi connectivity index (χ0v) is 14.8. The molecule has 2 aromatic rings. The smallest absolute Gasteiger partial charge is 0.268 e. The monoisotopic (exact) mass is 359 g/mol. The van der Waals surface area contributed by atoms with Crippen LogP contribution in [0.3, 0.4) is 0 Å². The zero-order chi connectivity index (χ0) is 16.4. The van der Waals surface area contributed by atoms with Crippen LogP contribution in [-0.4, -0.2) is 10.2 Å². The van der Waals surface area contributed by atoms with Gasteiger partial charge in [-0.15, -0.1) is 0 Å². The van der Waals surface area contributed by atoms with Gasteiger partial charge in [0.1, 0.15) is 0 Å². The number of thiocarbonyl (C=S) groups is 1. The van der Waals surface area contributed by atoms with Crippen molar-refractivity contribution in [1.29, 1.82) is 0 Å². The van der Waals surface area contributed by atoms with Gasteiger partial charge in [-0.05, 0) is 47.9 Å². The lowest BCUT2D eigenvalue weighted by Gasteiger charge is -2.14. The minimum absolute atomic E-state index is 0.0955. The molecular weight excluding hydrogens is 346 g/mol. The normalized spacial score (nSPS) is 16.4. The third kappa shape index (κ3) is 3.50. The summed E-state index contributed by atoms with van der Waals surface area (Å²) in [7, 11) is 0. The van der Waals surface area contributed by atoms with Crippen LogP contribution in [0, 0.1) is 0 Å². The van der Waals surface area contributed by atoms with E-state index in [2.05, 4.69) is 19.1 Å². The molecule has 0 bridgehead atoms. The first-order valence-electron chi connectivity index (χ1n) is 7.21. The summed E-state index contributed by atoms with van der Waals surface area (Å²) in [5.74, 6) is -0.0955. The number of benzene rings is 2. The first-order chi connectivity index (χ1) is 11.1. The summed E-state index contributed by atoms with van der Waals surface area (Å²) >= 11 is 12.6. The van der Waals surface area contributed by atoms with Gasteiger partial charge in [0.2, 0.25) is 0 Å². The second kappa shape index (κ2) is 6.87. The van der Waals surface area contributed by atoms with Crippen LogP contribution in [-0.2, 0) is 11.2 Å². The number of rotatable bonds is 3. The molecule has 0 radical (unpaired) electrons. The third-order valence-electron chi connectivity index (χ3n) is 3.56. The van der Waals surface area contributed by atoms with Crippen LogP contribution < -0.4 is 4.90 Å². The van der Waals surface area contributed by atoms with E-state index in [9.17, 15) is 4.79 Å². The average Bonchev–Trinajstić information content (AvgIpc) is 2.83. The van der Waals surface area contributed by atoms with Crippen LogP contribution in [0.2, 0.25) is 5.02 Å². The lowest BCUT2D eigenvalue weighted by molar-refractivity contribution is -0.113. The molecule has 0 N–H and O–H groups in total. The molecule has 1 aliphatic heterocycles. The summed E-state index contributed by atoms with van der Waals surface area (Å²) < 4.78 is 0.536. The first-order valence-corrected chi connectivity index (χ1v) is 8.81. The van der Waals surface area contributed by atoms with Crippen LogP contribution in [0.5, 0.6) is 0 Å². The Bertz CT molecular complexity index is 782. The maximum absolute atomic E-state index is 12.6. The largest absolute Gasteiger partial charge is 0.270 e. The van der Waals surface area contributed by atoms with Gasteiger partial charge in [0.05, 0.1) is 10.6 Å². The zero-order valence-electron chi connectivity index (χ0n) is 12.5. The molecule has 0 aliphatic carbocycles. The van der Waals surface area contributed by atoms with Crippen molar-refractivity contribution < 1.29 is 4.79 Å². The van der Waals surface area contributed by atoms with Crippen LogP contribution in [0.4, 0.5) is 5.69 Å². The number of amides is 1. The topological polar surface area (TPSA) is 20.3 Å². The molecule has 0 spiro atoms. The van der Waals surface area contributed by atoms with Crippen molar-refractivity contribution in [3.05, 3.63) is 69.6 Å². The standard InChI is InChI=1S/C18H14ClNOS2/c1-2-12-3-5-13(6-4-12)11-16-17(21)20(18(22)23-16)15-9-7-14(19)8-10-15/h3-11H,2H2,1H3/b16-11-. The molecule has 2 nitrogen and oxygen atoms in total. The first kappa shape index (κ1) is 16.2. The van der Waals surface area contributed by atoms with Crippen molar-refractivity contribution in [2.24, 2.45) is 0 Å². The summed E-state index contributed by atoms with van der Waals surface area (Å²) in [5.41, 5.74) is 3.01. The van der Waals surface area contributed by atoms with Gasteiger partial charge in [-0.2, -0.15) is 0 Å². The Labute approximate surface area is 150 Å². The number of carbonyl (C=O) groups excluding carboxylic acids is 1. The molecule has 116 valence electrons. The number of nitrogens with zero attached hydrogens (tertiary/aromatic N) is 1. The lowest BCUT2D eigenvalue weighted by Crippen LogP contribution is -2.27.